The van der Waals surface area contributed by atoms with E-state index in [1.54, 1.807) is 25.1 Å². The quantitative estimate of drug-likeness (QED) is 0.206. The Morgan fingerprint density at radius 2 is 1.74 bits per heavy atom. The number of rotatable bonds is 11. The normalized spacial score (nSPS) is 13.0. The summed E-state index contributed by atoms with van der Waals surface area (Å²) in [5.74, 6) is -2.89. The second-order valence-electron chi connectivity index (χ2n) is 7.67. The Morgan fingerprint density at radius 3 is 2.31 bits per heavy atom. The number of sulfonamides is 1. The van der Waals surface area contributed by atoms with E-state index in [4.69, 9.17) is 0 Å². The molecular formula is C24H25F2N3O5S. The van der Waals surface area contributed by atoms with Crippen molar-refractivity contribution in [3.05, 3.63) is 106 Å². The number of benzene rings is 2. The molecule has 1 unspecified atom stereocenters. The fourth-order valence-electron chi connectivity index (χ4n) is 2.90. The van der Waals surface area contributed by atoms with E-state index >= 15 is 0 Å². The van der Waals surface area contributed by atoms with Crippen LogP contribution in [0.3, 0.4) is 0 Å². The van der Waals surface area contributed by atoms with Crippen molar-refractivity contribution < 1.29 is 26.9 Å². The summed E-state index contributed by atoms with van der Waals surface area (Å²) in [6, 6.07) is 8.83. The standard InChI is InChI=1S/C24H25F2N3O5S/c1-16(13-14-28-35(33,34)23-21(25)5-4-6-22(23)26)7-8-17(2)24(30)27-15-18(3)19-9-11-20(12-10-19)29(31)32/h4-13,18,28H,2,14-15H2,1,3H3,(H,27,30)/b8-7-,16-13-. The Balaban J connectivity index is 1.87. The summed E-state index contributed by atoms with van der Waals surface area (Å²) in [6.07, 6.45) is 4.46. The average Bonchev–Trinajstić information content (AvgIpc) is 2.80. The van der Waals surface area contributed by atoms with Crippen LogP contribution in [0.2, 0.25) is 0 Å². The van der Waals surface area contributed by atoms with Crippen LogP contribution < -0.4 is 10.0 Å². The largest absolute Gasteiger partial charge is 0.351 e. The second-order valence-corrected chi connectivity index (χ2v) is 9.37. The topological polar surface area (TPSA) is 118 Å². The van der Waals surface area contributed by atoms with Gasteiger partial charge in [-0.2, -0.15) is 0 Å². The van der Waals surface area contributed by atoms with Crippen LogP contribution in [0, 0.1) is 21.7 Å². The number of amides is 1. The van der Waals surface area contributed by atoms with E-state index in [-0.39, 0.29) is 30.3 Å². The third-order valence-electron chi connectivity index (χ3n) is 4.97. The minimum Gasteiger partial charge on any atom is -0.351 e. The maximum Gasteiger partial charge on any atom is 0.269 e. The molecule has 0 bridgehead atoms. The molecule has 0 fully saturated rings. The number of nitro benzene ring substituents is 1. The zero-order chi connectivity index (χ0) is 26.2. The smallest absolute Gasteiger partial charge is 0.269 e. The van der Waals surface area contributed by atoms with Gasteiger partial charge in [0.05, 0.1) is 4.92 Å². The highest BCUT2D eigenvalue weighted by Gasteiger charge is 2.22. The molecule has 2 aromatic carbocycles. The minimum absolute atomic E-state index is 0.0147. The van der Waals surface area contributed by atoms with Gasteiger partial charge in [-0.3, -0.25) is 14.9 Å². The number of carbonyl (C=O) groups excluding carboxylic acids is 1. The predicted octanol–water partition coefficient (Wildman–Crippen LogP) is 4.13. The maximum absolute atomic E-state index is 13.7. The van der Waals surface area contributed by atoms with E-state index in [0.29, 0.717) is 5.57 Å². The number of hydrogen-bond donors (Lipinski definition) is 2. The molecule has 0 heterocycles. The summed E-state index contributed by atoms with van der Waals surface area (Å²) in [5, 5.41) is 13.5. The number of nitrogens with one attached hydrogen (secondary N) is 2. The molecule has 35 heavy (non-hydrogen) atoms. The number of non-ortho nitro benzene ring substituents is 1. The van der Waals surface area contributed by atoms with E-state index in [9.17, 15) is 32.1 Å². The number of nitrogens with zero attached hydrogens (tertiary/aromatic N) is 1. The lowest BCUT2D eigenvalue weighted by Gasteiger charge is -2.13. The van der Waals surface area contributed by atoms with E-state index in [0.717, 1.165) is 23.8 Å². The van der Waals surface area contributed by atoms with Crippen LogP contribution in [-0.4, -0.2) is 32.3 Å². The van der Waals surface area contributed by atoms with Gasteiger partial charge < -0.3 is 5.32 Å². The first-order valence-electron chi connectivity index (χ1n) is 10.4. The lowest BCUT2D eigenvalue weighted by Crippen LogP contribution is -2.28. The van der Waals surface area contributed by atoms with Crippen molar-refractivity contribution in [3.8, 4) is 0 Å². The van der Waals surface area contributed by atoms with Gasteiger partial charge in [-0.1, -0.05) is 49.4 Å². The molecule has 2 aromatic rings. The highest BCUT2D eigenvalue weighted by atomic mass is 32.2. The second kappa shape index (κ2) is 12.1. The lowest BCUT2D eigenvalue weighted by molar-refractivity contribution is -0.384. The van der Waals surface area contributed by atoms with Gasteiger partial charge in [-0.15, -0.1) is 0 Å². The van der Waals surface area contributed by atoms with Crippen molar-refractivity contribution >= 4 is 21.6 Å². The van der Waals surface area contributed by atoms with Gasteiger partial charge in [-0.25, -0.2) is 21.9 Å². The summed E-state index contributed by atoms with van der Waals surface area (Å²) in [4.78, 5) is 21.5. The van der Waals surface area contributed by atoms with E-state index in [2.05, 4.69) is 16.6 Å². The highest BCUT2D eigenvalue weighted by Crippen LogP contribution is 2.19. The van der Waals surface area contributed by atoms with Gasteiger partial charge in [0.25, 0.3) is 11.6 Å². The zero-order valence-electron chi connectivity index (χ0n) is 19.1. The minimum atomic E-state index is -4.39. The summed E-state index contributed by atoms with van der Waals surface area (Å²) in [6.45, 7) is 7.26. The molecule has 0 saturated carbocycles. The zero-order valence-corrected chi connectivity index (χ0v) is 19.9. The van der Waals surface area contributed by atoms with Gasteiger partial charge in [-0.05, 0) is 36.6 Å². The summed E-state index contributed by atoms with van der Waals surface area (Å²) < 4.78 is 53.8. The van der Waals surface area contributed by atoms with Crippen molar-refractivity contribution in [1.82, 2.24) is 10.0 Å². The number of carbonyl (C=O) groups is 1. The molecule has 8 nitrogen and oxygen atoms in total. The number of allylic oxidation sites excluding steroid dienone is 2. The first-order valence-corrected chi connectivity index (χ1v) is 11.9. The van der Waals surface area contributed by atoms with Crippen LogP contribution >= 0.6 is 0 Å². The molecule has 0 aromatic heterocycles. The molecule has 0 aliphatic heterocycles. The van der Waals surface area contributed by atoms with Crippen molar-refractivity contribution in [2.24, 2.45) is 0 Å². The Morgan fingerprint density at radius 1 is 1.14 bits per heavy atom. The highest BCUT2D eigenvalue weighted by molar-refractivity contribution is 7.89. The average molecular weight is 506 g/mol. The molecule has 2 N–H and O–H groups in total. The van der Waals surface area contributed by atoms with Gasteiger partial charge in [0.1, 0.15) is 11.6 Å². The first kappa shape index (κ1) is 27.5. The number of halogens is 2. The van der Waals surface area contributed by atoms with Gasteiger partial charge in [0, 0.05) is 30.8 Å². The van der Waals surface area contributed by atoms with Crippen molar-refractivity contribution in [3.63, 3.8) is 0 Å². The Hall–Kier alpha value is -3.70. The number of hydrogen-bond acceptors (Lipinski definition) is 5. The van der Waals surface area contributed by atoms with Crippen LogP contribution in [-0.2, 0) is 14.8 Å². The van der Waals surface area contributed by atoms with Crippen molar-refractivity contribution in [2.45, 2.75) is 24.7 Å². The summed E-state index contributed by atoms with van der Waals surface area (Å²) >= 11 is 0. The van der Waals surface area contributed by atoms with Gasteiger partial charge in [0.2, 0.25) is 10.0 Å². The number of nitro groups is 1. The summed E-state index contributed by atoms with van der Waals surface area (Å²) in [5.41, 5.74) is 1.55. The van der Waals surface area contributed by atoms with E-state index in [1.165, 1.54) is 24.3 Å². The van der Waals surface area contributed by atoms with Crippen molar-refractivity contribution in [2.75, 3.05) is 13.1 Å². The Labute approximate surface area is 202 Å². The van der Waals surface area contributed by atoms with E-state index in [1.807, 2.05) is 6.92 Å². The SMILES string of the molecule is C=C(/C=C\C(C)=C/CNS(=O)(=O)c1c(F)cccc1F)C(=O)NCC(C)c1ccc([N+](=O)[O-])cc1. The predicted molar refractivity (Wildman–Crippen MR) is 128 cm³/mol. The molecule has 1 amide bonds. The fourth-order valence-corrected chi connectivity index (χ4v) is 4.00. The molecule has 2 rings (SSSR count). The van der Waals surface area contributed by atoms with Crippen LogP contribution in [0.25, 0.3) is 0 Å². The van der Waals surface area contributed by atoms with Crippen LogP contribution in [0.15, 0.2) is 83.3 Å². The summed E-state index contributed by atoms with van der Waals surface area (Å²) in [7, 11) is -4.39. The molecule has 0 radical (unpaired) electrons. The lowest BCUT2D eigenvalue weighted by atomic mass is 10.0. The molecular weight excluding hydrogens is 480 g/mol. The third-order valence-corrected chi connectivity index (χ3v) is 6.44. The maximum atomic E-state index is 13.7. The van der Waals surface area contributed by atoms with Gasteiger partial charge in [0.15, 0.2) is 4.90 Å². The monoisotopic (exact) mass is 505 g/mol. The van der Waals surface area contributed by atoms with Crippen LogP contribution in [0.4, 0.5) is 14.5 Å². The van der Waals surface area contributed by atoms with Crippen LogP contribution in [0.1, 0.15) is 25.3 Å². The van der Waals surface area contributed by atoms with Crippen LogP contribution in [0.5, 0.6) is 0 Å². The Bertz CT molecular complexity index is 1250. The molecule has 0 aliphatic carbocycles. The van der Waals surface area contributed by atoms with Gasteiger partial charge >= 0.3 is 0 Å². The molecule has 0 spiro atoms. The molecule has 0 saturated heterocycles. The molecule has 1 atom stereocenters. The van der Waals surface area contributed by atoms with E-state index < -0.39 is 37.4 Å². The third kappa shape index (κ3) is 7.94. The first-order chi connectivity index (χ1) is 16.4. The fraction of sp³-hybridized carbons (Fsp3) is 0.208. The molecule has 0 aliphatic rings. The van der Waals surface area contributed by atoms with Crippen molar-refractivity contribution in [1.29, 1.82) is 0 Å². The molecule has 11 heteroatoms. The molecule has 186 valence electrons. The Kier molecular flexibility index (Phi) is 9.55.